The molecule has 0 amide bonds. The van der Waals surface area contributed by atoms with Crippen molar-refractivity contribution in [1.29, 1.82) is 0 Å². The summed E-state index contributed by atoms with van der Waals surface area (Å²) in [6.07, 6.45) is 26.0. The molecule has 0 saturated carbocycles. The van der Waals surface area contributed by atoms with Crippen LogP contribution in [0.2, 0.25) is 109 Å². The number of hydrogen-bond acceptors (Lipinski definition) is 0. The Morgan fingerprint density at radius 3 is 0.270 bits per heavy atom. The minimum absolute atomic E-state index is 0. The molecular weight excluding hydrogens is 993 g/mol. The predicted molar refractivity (Wildman–Crippen MR) is 313 cm³/mol. The predicted octanol–water partition coefficient (Wildman–Crippen LogP) is 22.4. The zero-order valence-electron chi connectivity index (χ0n) is 47.8. The molecule has 0 atom stereocenters. The van der Waals surface area contributed by atoms with Crippen molar-refractivity contribution in [1.82, 2.24) is 0 Å². The van der Waals surface area contributed by atoms with Crippen LogP contribution in [0.5, 0.6) is 0 Å². The van der Waals surface area contributed by atoms with Gasteiger partial charge in [-0.3, -0.25) is 0 Å². The van der Waals surface area contributed by atoms with E-state index in [1.165, 1.54) is 116 Å². The van der Waals surface area contributed by atoms with Crippen LogP contribution in [0.1, 0.15) is 240 Å². The van der Waals surface area contributed by atoms with Crippen LogP contribution in [0.4, 0.5) is 0 Å². The first kappa shape index (κ1) is 70.1. The molecule has 1 radical (unpaired) electrons. The monoisotopic (exact) mass is 1120 g/mol. The Bertz CT molecular complexity index is 701. The van der Waals surface area contributed by atoms with Gasteiger partial charge in [-0.2, -0.15) is 0 Å². The standard InChI is InChI=1S/2C28H63Si3.Eu/c2*1-10-19-29(20-11-2,21-12-3)28(30(22-13-4,23-14-5)24-15-6)31(25-16-7,26-17-8)27-18-9;/h2*10-27H2,1-9H3;/q2*-1;+2. The summed E-state index contributed by atoms with van der Waals surface area (Å²) < 4.78 is 0. The Hall–Kier alpha value is 2.89. The zero-order chi connectivity index (χ0) is 47.6. The second-order valence-electron chi connectivity index (χ2n) is 21.9. The topological polar surface area (TPSA) is 0 Å². The Balaban J connectivity index is -0.00000112. The fourth-order valence-corrected chi connectivity index (χ4v) is 83.2. The van der Waals surface area contributed by atoms with Crippen LogP contribution in [-0.2, 0) is 0 Å². The molecule has 0 saturated heterocycles. The van der Waals surface area contributed by atoms with Crippen LogP contribution in [0.15, 0.2) is 0 Å². The van der Waals surface area contributed by atoms with Gasteiger partial charge in [0.25, 0.3) is 0 Å². The van der Waals surface area contributed by atoms with Crippen molar-refractivity contribution in [3.8, 4) is 0 Å². The average Bonchev–Trinajstić information content (AvgIpc) is 3.20. The van der Waals surface area contributed by atoms with Gasteiger partial charge in [0.15, 0.2) is 0 Å². The van der Waals surface area contributed by atoms with Gasteiger partial charge in [-0.05, 0) is 0 Å². The van der Waals surface area contributed by atoms with E-state index in [9.17, 15) is 0 Å². The van der Waals surface area contributed by atoms with Gasteiger partial charge in [-0.15, -0.1) is 0 Å². The Kier molecular flexibility index (Phi) is 45.1. The minimum Gasteiger partial charge on any atom is -0.309 e. The van der Waals surface area contributed by atoms with Crippen LogP contribution < -0.4 is 0 Å². The number of rotatable bonds is 42. The maximum absolute atomic E-state index is 2.54. The van der Waals surface area contributed by atoms with E-state index < -0.39 is 48.4 Å². The first-order valence-electron chi connectivity index (χ1n) is 29.6. The van der Waals surface area contributed by atoms with E-state index in [0.717, 1.165) is 0 Å². The fraction of sp³-hybridized carbons (Fsp3) is 0.964. The van der Waals surface area contributed by atoms with Crippen molar-refractivity contribution in [2.24, 2.45) is 0 Å². The molecule has 0 aliphatic carbocycles. The summed E-state index contributed by atoms with van der Waals surface area (Å²) in [7, 11) is -8.27. The molecule has 0 aliphatic heterocycles. The molecule has 0 rings (SSSR count). The summed E-state index contributed by atoms with van der Waals surface area (Å²) >= 11 is 0. The molecule has 0 unspecified atom stereocenters. The molecule has 0 bridgehead atoms. The SMILES string of the molecule is CCC[Si](CCC)(CCC)[C-]([Si](CCC)(CCC)CCC)[Si](CCC)(CCC)CCC.CCC[Si](CCC)(CCC)[C-]([Si](CCC)(CCC)CCC)[Si](CCC)(CCC)CCC.[Eu+2]. The quantitative estimate of drug-likeness (QED) is 0.0422. The van der Waals surface area contributed by atoms with Gasteiger partial charge in [-0.25, -0.2) is 0 Å². The van der Waals surface area contributed by atoms with Gasteiger partial charge < -0.3 is 9.58 Å². The van der Waals surface area contributed by atoms with Gasteiger partial charge in [0.2, 0.25) is 0 Å². The van der Waals surface area contributed by atoms with E-state index >= 15 is 0 Å². The average molecular weight is 1120 g/mol. The molecule has 7 heteroatoms. The fourth-order valence-electron chi connectivity index (χ4n) is 16.5. The largest absolute Gasteiger partial charge is 2.00 e. The van der Waals surface area contributed by atoms with Crippen molar-refractivity contribution < 1.29 is 49.4 Å². The van der Waals surface area contributed by atoms with Gasteiger partial charge in [-0.1, -0.05) is 397 Å². The molecule has 0 aromatic rings. The Morgan fingerprint density at radius 1 is 0.159 bits per heavy atom. The van der Waals surface area contributed by atoms with Crippen molar-refractivity contribution in [3.63, 3.8) is 0 Å². The third-order valence-corrected chi connectivity index (χ3v) is 68.0. The Labute approximate surface area is 451 Å². The molecule has 0 fully saturated rings. The zero-order valence-corrected chi connectivity index (χ0v) is 56.3. The summed E-state index contributed by atoms with van der Waals surface area (Å²) in [5, 5.41) is 0. The van der Waals surface area contributed by atoms with Crippen LogP contribution in [0, 0.1) is 59.0 Å². The third kappa shape index (κ3) is 20.9. The third-order valence-electron chi connectivity index (χ3n) is 16.3. The first-order chi connectivity index (χ1) is 29.8. The van der Waals surface area contributed by atoms with E-state index in [4.69, 9.17) is 0 Å². The van der Waals surface area contributed by atoms with Crippen molar-refractivity contribution in [2.75, 3.05) is 0 Å². The van der Waals surface area contributed by atoms with Gasteiger partial charge >= 0.3 is 49.4 Å². The van der Waals surface area contributed by atoms with E-state index in [1.54, 1.807) is 109 Å². The molecular formula is C56H126EuSi6. The molecule has 63 heavy (non-hydrogen) atoms. The number of hydrogen-bond donors (Lipinski definition) is 0. The summed E-state index contributed by atoms with van der Waals surface area (Å²) in [6.45, 7) is 45.4. The molecule has 0 aromatic carbocycles. The summed E-state index contributed by atoms with van der Waals surface area (Å²) in [6, 6.07) is 29.3. The van der Waals surface area contributed by atoms with Crippen LogP contribution in [0.25, 0.3) is 0 Å². The van der Waals surface area contributed by atoms with Crippen LogP contribution in [0.3, 0.4) is 0 Å². The normalized spacial score (nSPS) is 13.1. The van der Waals surface area contributed by atoms with E-state index in [0.29, 0.717) is 0 Å². The molecule has 0 N–H and O–H groups in total. The van der Waals surface area contributed by atoms with Crippen LogP contribution in [-0.4, -0.2) is 48.4 Å². The van der Waals surface area contributed by atoms with E-state index in [2.05, 4.69) is 134 Å². The molecule has 0 spiro atoms. The summed E-state index contributed by atoms with van der Waals surface area (Å²) in [5.74, 6) is 0. The molecule has 0 heterocycles. The molecule has 0 aromatic heterocycles. The van der Waals surface area contributed by atoms with E-state index in [1.807, 2.05) is 0 Å². The second-order valence-corrected chi connectivity index (χ2v) is 52.3. The molecule has 0 nitrogen and oxygen atoms in total. The second kappa shape index (κ2) is 40.5. The summed E-state index contributed by atoms with van der Waals surface area (Å²) in [4.78, 5) is 5.07. The first-order valence-corrected chi connectivity index (χ1v) is 45.3. The summed E-state index contributed by atoms with van der Waals surface area (Å²) in [5.41, 5.74) is 0. The van der Waals surface area contributed by atoms with Crippen molar-refractivity contribution in [2.45, 2.75) is 349 Å². The van der Waals surface area contributed by atoms with Gasteiger partial charge in [0.1, 0.15) is 0 Å². The minimum atomic E-state index is -1.38. The Morgan fingerprint density at radius 2 is 0.222 bits per heavy atom. The van der Waals surface area contributed by atoms with Gasteiger partial charge in [0.05, 0.1) is 0 Å². The van der Waals surface area contributed by atoms with Crippen LogP contribution >= 0.6 is 0 Å². The van der Waals surface area contributed by atoms with Crippen molar-refractivity contribution >= 4 is 48.4 Å². The van der Waals surface area contributed by atoms with E-state index in [-0.39, 0.29) is 49.4 Å². The molecule has 0 aliphatic rings. The van der Waals surface area contributed by atoms with Gasteiger partial charge in [0, 0.05) is 0 Å². The maximum Gasteiger partial charge on any atom is 2.00 e. The smallest absolute Gasteiger partial charge is 0.309 e. The molecule has 381 valence electrons. The van der Waals surface area contributed by atoms with Crippen molar-refractivity contribution in [3.05, 3.63) is 9.58 Å². The maximum atomic E-state index is 2.54.